The van der Waals surface area contributed by atoms with Gasteiger partial charge in [-0.15, -0.1) is 0 Å². The zero-order chi connectivity index (χ0) is 23.8. The maximum Gasteiger partial charge on any atom is 0.530 e. The summed E-state index contributed by atoms with van der Waals surface area (Å²) in [5, 5.41) is 5.29. The van der Waals surface area contributed by atoms with Gasteiger partial charge in [0, 0.05) is 12.1 Å². The largest absolute Gasteiger partial charge is 0.530 e. The lowest BCUT2D eigenvalue weighted by molar-refractivity contribution is 0.166. The number of amides is 2. The molecule has 0 aliphatic heterocycles. The maximum atomic E-state index is 12.7. The number of carbonyl (C=O) groups excluding carboxylic acids is 1. The molecule has 0 spiro atoms. The van der Waals surface area contributed by atoms with Crippen LogP contribution in [-0.2, 0) is 13.6 Å². The minimum atomic E-state index is -3.78. The second kappa shape index (κ2) is 11.0. The second-order valence-corrected chi connectivity index (χ2v) is 8.11. The number of methoxy groups -OCH3 is 1. The molecule has 2 heterocycles. The number of carbonyl (C=O) groups is 1. The molecule has 176 valence electrons. The van der Waals surface area contributed by atoms with Gasteiger partial charge in [-0.25, -0.2) is 19.3 Å². The second-order valence-electron chi connectivity index (χ2n) is 6.52. The van der Waals surface area contributed by atoms with Crippen molar-refractivity contribution in [3.63, 3.8) is 0 Å². The number of ether oxygens (including phenoxy) is 1. The zero-order valence-corrected chi connectivity index (χ0v) is 19.7. The molecule has 3 rings (SSSR count). The SMILES string of the molecule is CCNC(=O)Nc1ccc2ncc(-c3ccc(OP(=O)(OCC)OCC)c(OC)c3)nc2n1. The topological polar surface area (TPSA) is 134 Å². The van der Waals surface area contributed by atoms with Crippen molar-refractivity contribution in [3.8, 4) is 22.8 Å². The molecule has 0 unspecified atom stereocenters. The highest BCUT2D eigenvalue weighted by Gasteiger charge is 2.29. The first kappa shape index (κ1) is 24.4. The van der Waals surface area contributed by atoms with Crippen molar-refractivity contribution in [2.24, 2.45) is 0 Å². The maximum absolute atomic E-state index is 12.7. The molecule has 0 aliphatic carbocycles. The van der Waals surface area contributed by atoms with Crippen LogP contribution in [0.1, 0.15) is 20.8 Å². The van der Waals surface area contributed by atoms with Crippen LogP contribution in [-0.4, -0.2) is 47.9 Å². The molecule has 3 aromatic rings. The van der Waals surface area contributed by atoms with E-state index in [-0.39, 0.29) is 25.0 Å². The van der Waals surface area contributed by atoms with E-state index in [2.05, 4.69) is 25.6 Å². The average molecular weight is 475 g/mol. The number of nitrogens with one attached hydrogen (secondary N) is 2. The number of benzene rings is 1. The van der Waals surface area contributed by atoms with Gasteiger partial charge in [0.2, 0.25) is 0 Å². The van der Waals surface area contributed by atoms with Gasteiger partial charge in [0.25, 0.3) is 0 Å². The molecule has 11 nitrogen and oxygen atoms in total. The van der Waals surface area contributed by atoms with Crippen molar-refractivity contribution in [1.82, 2.24) is 20.3 Å². The van der Waals surface area contributed by atoms with Crippen LogP contribution in [0, 0.1) is 0 Å². The van der Waals surface area contributed by atoms with E-state index in [1.807, 2.05) is 6.92 Å². The average Bonchev–Trinajstić information content (AvgIpc) is 2.79. The molecule has 0 atom stereocenters. The summed E-state index contributed by atoms with van der Waals surface area (Å²) >= 11 is 0. The quantitative estimate of drug-likeness (QED) is 0.409. The third kappa shape index (κ3) is 6.16. The molecule has 0 saturated heterocycles. The van der Waals surface area contributed by atoms with Crippen LogP contribution in [0.15, 0.2) is 36.5 Å². The zero-order valence-electron chi connectivity index (χ0n) is 18.8. The standard InChI is InChI=1S/C21H26N5O6P/c1-5-22-21(27)26-19-11-9-15-20(25-19)24-16(13-23-15)14-8-10-17(18(12-14)29-4)32-33(28,30-6-2)31-7-3/h8-13H,5-7H2,1-4H3,(H2,22,24,25,26,27). The Morgan fingerprint density at radius 1 is 1.03 bits per heavy atom. The lowest BCUT2D eigenvalue weighted by Gasteiger charge is -2.19. The molecule has 0 fully saturated rings. The summed E-state index contributed by atoms with van der Waals surface area (Å²) in [6, 6.07) is 7.99. The number of aromatic nitrogens is 3. The summed E-state index contributed by atoms with van der Waals surface area (Å²) in [5.74, 6) is 0.865. The highest BCUT2D eigenvalue weighted by Crippen LogP contribution is 2.51. The lowest BCUT2D eigenvalue weighted by Crippen LogP contribution is -2.28. The molecule has 2 aromatic heterocycles. The fourth-order valence-corrected chi connectivity index (χ4v) is 4.06. The number of anilines is 1. The van der Waals surface area contributed by atoms with Gasteiger partial charge in [0.15, 0.2) is 17.1 Å². The summed E-state index contributed by atoms with van der Waals surface area (Å²) in [7, 11) is -2.32. The van der Waals surface area contributed by atoms with Crippen molar-refractivity contribution < 1.29 is 27.7 Å². The van der Waals surface area contributed by atoms with Gasteiger partial charge in [-0.3, -0.25) is 19.3 Å². The van der Waals surface area contributed by atoms with Gasteiger partial charge in [-0.1, -0.05) is 0 Å². The normalized spacial score (nSPS) is 11.3. The lowest BCUT2D eigenvalue weighted by atomic mass is 10.1. The molecule has 12 heteroatoms. The van der Waals surface area contributed by atoms with Crippen molar-refractivity contribution in [2.45, 2.75) is 20.8 Å². The van der Waals surface area contributed by atoms with E-state index in [4.69, 9.17) is 18.3 Å². The third-order valence-electron chi connectivity index (χ3n) is 4.23. The predicted molar refractivity (Wildman–Crippen MR) is 124 cm³/mol. The van der Waals surface area contributed by atoms with Gasteiger partial charge in [-0.05, 0) is 51.1 Å². The number of hydrogen-bond acceptors (Lipinski definition) is 9. The Morgan fingerprint density at radius 3 is 2.45 bits per heavy atom. The van der Waals surface area contributed by atoms with Crippen molar-refractivity contribution >= 4 is 30.8 Å². The molecule has 0 radical (unpaired) electrons. The number of phosphoric ester groups is 1. The van der Waals surface area contributed by atoms with Gasteiger partial charge < -0.3 is 14.6 Å². The van der Waals surface area contributed by atoms with Gasteiger partial charge >= 0.3 is 13.9 Å². The Kier molecular flexibility index (Phi) is 8.16. The first-order valence-electron chi connectivity index (χ1n) is 10.4. The summed E-state index contributed by atoms with van der Waals surface area (Å²) < 4.78 is 34.0. The van der Waals surface area contributed by atoms with Crippen LogP contribution in [0.2, 0.25) is 0 Å². The fourth-order valence-electron chi connectivity index (χ4n) is 2.86. The summed E-state index contributed by atoms with van der Waals surface area (Å²) in [6.45, 7) is 6.03. The first-order valence-corrected chi connectivity index (χ1v) is 11.8. The van der Waals surface area contributed by atoms with Crippen LogP contribution < -0.4 is 19.9 Å². The van der Waals surface area contributed by atoms with Crippen molar-refractivity contribution in [1.29, 1.82) is 0 Å². The Labute approximate surface area is 191 Å². The van der Waals surface area contributed by atoms with Gasteiger partial charge in [-0.2, -0.15) is 0 Å². The highest BCUT2D eigenvalue weighted by atomic mass is 31.2. The number of nitrogens with zero attached hydrogens (tertiary/aromatic N) is 3. The molecular weight excluding hydrogens is 449 g/mol. The molecule has 2 amide bonds. The van der Waals surface area contributed by atoms with Crippen molar-refractivity contribution in [2.75, 3.05) is 32.2 Å². The summed E-state index contributed by atoms with van der Waals surface area (Å²) in [6.07, 6.45) is 1.60. The van der Waals surface area contributed by atoms with Crippen LogP contribution >= 0.6 is 7.82 Å². The molecule has 0 saturated carbocycles. The monoisotopic (exact) mass is 475 g/mol. The minimum absolute atomic E-state index is 0.161. The Morgan fingerprint density at radius 2 is 1.79 bits per heavy atom. The van der Waals surface area contributed by atoms with E-state index in [1.54, 1.807) is 50.4 Å². The van der Waals surface area contributed by atoms with Crippen LogP contribution in [0.5, 0.6) is 11.5 Å². The highest BCUT2D eigenvalue weighted by molar-refractivity contribution is 7.48. The Balaban J connectivity index is 1.91. The molecule has 0 bridgehead atoms. The number of phosphoric acid groups is 1. The number of rotatable bonds is 10. The molecular formula is C21H26N5O6P. The van der Waals surface area contributed by atoms with E-state index in [0.717, 1.165) is 0 Å². The first-order chi connectivity index (χ1) is 15.9. The Bertz CT molecular complexity index is 1170. The third-order valence-corrected chi connectivity index (χ3v) is 5.80. The van der Waals surface area contributed by atoms with Crippen LogP contribution in [0.3, 0.4) is 0 Å². The smallest absolute Gasteiger partial charge is 0.493 e. The molecule has 2 N–H and O–H groups in total. The number of pyridine rings is 1. The van der Waals surface area contributed by atoms with Crippen LogP contribution in [0.25, 0.3) is 22.4 Å². The van der Waals surface area contributed by atoms with E-state index in [1.165, 1.54) is 7.11 Å². The van der Waals surface area contributed by atoms with E-state index in [9.17, 15) is 9.36 Å². The van der Waals surface area contributed by atoms with Gasteiger partial charge in [0.05, 0.1) is 32.2 Å². The molecule has 0 aliphatic rings. The predicted octanol–water partition coefficient (Wildman–Crippen LogP) is 4.40. The van der Waals surface area contributed by atoms with Gasteiger partial charge in [0.1, 0.15) is 11.3 Å². The minimum Gasteiger partial charge on any atom is -0.493 e. The van der Waals surface area contributed by atoms with E-state index in [0.29, 0.717) is 40.5 Å². The van der Waals surface area contributed by atoms with E-state index < -0.39 is 7.82 Å². The van der Waals surface area contributed by atoms with Crippen LogP contribution in [0.4, 0.5) is 10.6 Å². The molecule has 1 aromatic carbocycles. The van der Waals surface area contributed by atoms with E-state index >= 15 is 0 Å². The van der Waals surface area contributed by atoms with Crippen molar-refractivity contribution in [3.05, 3.63) is 36.5 Å². The summed E-state index contributed by atoms with van der Waals surface area (Å²) in [4.78, 5) is 25.1. The Hall–Kier alpha value is -3.27. The fraction of sp³-hybridized carbons (Fsp3) is 0.333. The number of hydrogen-bond donors (Lipinski definition) is 2. The summed E-state index contributed by atoms with van der Waals surface area (Å²) in [5.41, 5.74) is 2.12. The molecule has 33 heavy (non-hydrogen) atoms. The number of urea groups is 1. The number of fused-ring (bicyclic) bond motifs is 1.